The van der Waals surface area contributed by atoms with Crippen molar-refractivity contribution in [3.05, 3.63) is 71.1 Å². The first-order valence-electron chi connectivity index (χ1n) is 17.3. The number of aliphatic imine (C=N–C) groups is 1. The third-order valence-corrected chi connectivity index (χ3v) is 10.6. The van der Waals surface area contributed by atoms with Crippen LogP contribution in [0.2, 0.25) is 5.02 Å². The van der Waals surface area contributed by atoms with Gasteiger partial charge in [0, 0.05) is 11.1 Å². The zero-order valence-corrected chi connectivity index (χ0v) is 30.4. The monoisotopic (exact) mass is 810 g/mol. The number of ether oxygens (including phenoxy) is 1. The Labute approximate surface area is 319 Å². The van der Waals surface area contributed by atoms with Gasteiger partial charge in [0.1, 0.15) is 24.2 Å². The molecule has 0 spiro atoms. The highest BCUT2D eigenvalue weighted by molar-refractivity contribution is 6.33. The van der Waals surface area contributed by atoms with Crippen molar-refractivity contribution >= 4 is 29.6 Å². The minimum absolute atomic E-state index is 0.0198. The second-order valence-corrected chi connectivity index (χ2v) is 15.1. The fraction of sp³-hybridized carbons (Fsp3) is 0.457. The van der Waals surface area contributed by atoms with E-state index in [1.165, 1.54) is 30.3 Å². The summed E-state index contributed by atoms with van der Waals surface area (Å²) in [5.74, 6) is -2.01. The molecule has 0 bridgehead atoms. The largest absolute Gasteiger partial charge is 0.447 e. The van der Waals surface area contributed by atoms with Crippen LogP contribution in [0, 0.1) is 5.41 Å². The van der Waals surface area contributed by atoms with Gasteiger partial charge in [-0.2, -0.15) is 46.7 Å². The molecule has 3 N–H and O–H groups in total. The highest BCUT2D eigenvalue weighted by atomic mass is 35.5. The van der Waals surface area contributed by atoms with E-state index in [1.807, 2.05) is 0 Å². The zero-order valence-electron chi connectivity index (χ0n) is 29.7. The molecule has 0 saturated heterocycles. The van der Waals surface area contributed by atoms with Crippen LogP contribution >= 0.6 is 11.6 Å². The van der Waals surface area contributed by atoms with Crippen LogP contribution in [0.5, 0.6) is 0 Å². The summed E-state index contributed by atoms with van der Waals surface area (Å²) < 4.78 is 104. The first-order chi connectivity index (χ1) is 26.4. The Hall–Kier alpha value is -5.27. The van der Waals surface area contributed by atoms with Crippen LogP contribution in [-0.4, -0.2) is 77.4 Å². The van der Waals surface area contributed by atoms with Gasteiger partial charge in [-0.1, -0.05) is 55.8 Å². The van der Waals surface area contributed by atoms with Crippen LogP contribution in [0.1, 0.15) is 75.7 Å². The summed E-state index contributed by atoms with van der Waals surface area (Å²) in [7, 11) is 0. The van der Waals surface area contributed by atoms with Gasteiger partial charge in [-0.05, 0) is 55.4 Å². The van der Waals surface area contributed by atoms with Crippen molar-refractivity contribution in [3.8, 4) is 22.6 Å². The number of hydrogen-bond donors (Lipinski definition) is 2. The van der Waals surface area contributed by atoms with E-state index in [0.717, 1.165) is 37.9 Å². The Morgan fingerprint density at radius 1 is 1.07 bits per heavy atom. The molecule has 21 heteroatoms. The minimum Gasteiger partial charge on any atom is -0.447 e. The Balaban J connectivity index is 1.29. The molecule has 7 rings (SSSR count). The molecule has 1 aliphatic heterocycles. The molecule has 2 fully saturated rings. The summed E-state index contributed by atoms with van der Waals surface area (Å²) >= 11 is 6.40. The summed E-state index contributed by atoms with van der Waals surface area (Å²) in [5, 5.41) is 14.3. The summed E-state index contributed by atoms with van der Waals surface area (Å²) in [4.78, 5) is 38.5. The Morgan fingerprint density at radius 2 is 1.77 bits per heavy atom. The van der Waals surface area contributed by atoms with Crippen molar-refractivity contribution in [1.82, 2.24) is 40.0 Å². The number of carbonyl (C=O) groups excluding carboxylic acids is 2. The number of amides is 2. The molecule has 2 aromatic heterocycles. The van der Waals surface area contributed by atoms with Gasteiger partial charge < -0.3 is 15.8 Å². The number of nitrogens with two attached hydrogens (primary N) is 1. The molecular formula is C35H34ClF7N10O3. The molecule has 0 unspecified atom stereocenters. The summed E-state index contributed by atoms with van der Waals surface area (Å²) in [6, 6.07) is 8.53. The number of carbonyl (C=O) groups is 2. The third kappa shape index (κ3) is 7.14. The second kappa shape index (κ2) is 14.0. The topological polar surface area (TPSA) is 158 Å². The van der Waals surface area contributed by atoms with Gasteiger partial charge in [0.25, 0.3) is 12.3 Å². The highest BCUT2D eigenvalue weighted by Crippen LogP contribution is 2.51. The number of halogens is 8. The molecule has 298 valence electrons. The number of alkyl carbamates (subject to hydrolysis) is 1. The molecule has 2 saturated carbocycles. The predicted octanol–water partition coefficient (Wildman–Crippen LogP) is 7.18. The average Bonchev–Trinajstić information content (AvgIpc) is 4.00. The van der Waals surface area contributed by atoms with Crippen LogP contribution in [-0.2, 0) is 15.1 Å². The van der Waals surface area contributed by atoms with Gasteiger partial charge in [-0.25, -0.2) is 23.6 Å². The molecule has 13 nitrogen and oxygen atoms in total. The third-order valence-electron chi connectivity index (χ3n) is 10.2. The zero-order chi connectivity index (χ0) is 40.4. The van der Waals surface area contributed by atoms with Gasteiger partial charge in [-0.15, -0.1) is 0 Å². The highest BCUT2D eigenvalue weighted by Gasteiger charge is 2.59. The van der Waals surface area contributed by atoms with Gasteiger partial charge in [0.15, 0.2) is 17.3 Å². The number of nitrogens with one attached hydrogen (secondary N) is 1. The van der Waals surface area contributed by atoms with E-state index in [9.17, 15) is 40.3 Å². The lowest BCUT2D eigenvalue weighted by molar-refractivity contribution is -0.218. The predicted molar refractivity (Wildman–Crippen MR) is 185 cm³/mol. The summed E-state index contributed by atoms with van der Waals surface area (Å²) in [6.45, 7) is -2.12. The molecule has 2 aromatic carbocycles. The van der Waals surface area contributed by atoms with Gasteiger partial charge >= 0.3 is 18.8 Å². The van der Waals surface area contributed by atoms with E-state index in [0.29, 0.717) is 11.3 Å². The average molecular weight is 811 g/mol. The Morgan fingerprint density at radius 3 is 2.38 bits per heavy atom. The lowest BCUT2D eigenvalue weighted by atomic mass is 9.74. The van der Waals surface area contributed by atoms with Crippen LogP contribution < -0.4 is 11.1 Å². The molecule has 2 atom stereocenters. The fourth-order valence-electron chi connectivity index (χ4n) is 6.61. The first kappa shape index (κ1) is 39.0. The first-order valence-corrected chi connectivity index (χ1v) is 17.7. The van der Waals surface area contributed by atoms with Crippen molar-refractivity contribution in [2.75, 3.05) is 6.61 Å². The minimum atomic E-state index is -4.82. The van der Waals surface area contributed by atoms with Crippen molar-refractivity contribution in [3.63, 3.8) is 0 Å². The maximum Gasteiger partial charge on any atom is 0.407 e. The molecular weight excluding hydrogens is 777 g/mol. The Bertz CT molecular complexity index is 2170. The maximum atomic E-state index is 14.9. The van der Waals surface area contributed by atoms with Gasteiger partial charge in [0.05, 0.1) is 28.7 Å². The molecule has 3 aliphatic rings. The van der Waals surface area contributed by atoms with E-state index < -0.39 is 72.7 Å². The van der Waals surface area contributed by atoms with Crippen molar-refractivity contribution < 1.29 is 45.1 Å². The lowest BCUT2D eigenvalue weighted by Gasteiger charge is -2.37. The summed E-state index contributed by atoms with van der Waals surface area (Å²) in [5.41, 5.74) is 0.820. The van der Waals surface area contributed by atoms with Crippen molar-refractivity contribution in [2.45, 2.75) is 88.3 Å². The molecule has 2 aliphatic carbocycles. The number of hydrogen-bond acceptors (Lipinski definition) is 9. The van der Waals surface area contributed by atoms with Crippen LogP contribution in [0.4, 0.5) is 35.5 Å². The lowest BCUT2D eigenvalue weighted by Crippen LogP contribution is -2.49. The quantitative estimate of drug-likeness (QED) is 0.135. The van der Waals surface area contributed by atoms with E-state index in [2.05, 4.69) is 30.6 Å². The van der Waals surface area contributed by atoms with E-state index in [-0.39, 0.29) is 51.1 Å². The van der Waals surface area contributed by atoms with Crippen molar-refractivity contribution in [1.29, 1.82) is 0 Å². The van der Waals surface area contributed by atoms with E-state index in [4.69, 9.17) is 22.1 Å². The second-order valence-electron chi connectivity index (χ2n) is 14.7. The normalized spacial score (nSPS) is 20.1. The number of guanidine groups is 1. The Kier molecular flexibility index (Phi) is 9.77. The SMILES string of the molecule is CC(C)(C[C@]1(c2ccc(-c3cnn(C4CC4)n3)cc2)N=C(N)N([C@H](COC(=O)NC2(C(F)F)CC2)c2ccc(Cl)c(-c3ncnn3C(F)F)c2)C1=O)C(F)(F)F. The van der Waals surface area contributed by atoms with Crippen molar-refractivity contribution in [2.24, 2.45) is 16.1 Å². The number of alkyl halides is 7. The summed E-state index contributed by atoms with van der Waals surface area (Å²) in [6.07, 6.45) is -5.70. The molecule has 0 radical (unpaired) electrons. The number of aromatic nitrogens is 6. The smallest absolute Gasteiger partial charge is 0.407 e. The van der Waals surface area contributed by atoms with E-state index in [1.54, 1.807) is 23.1 Å². The fourth-order valence-corrected chi connectivity index (χ4v) is 6.81. The number of rotatable bonds is 13. The molecule has 56 heavy (non-hydrogen) atoms. The van der Waals surface area contributed by atoms with Gasteiger partial charge in [-0.3, -0.25) is 9.69 Å². The molecule has 2 amide bonds. The molecule has 4 aromatic rings. The molecule has 3 heterocycles. The van der Waals surface area contributed by atoms with Crippen LogP contribution in [0.15, 0.2) is 60.0 Å². The maximum absolute atomic E-state index is 14.9. The standard InChI is InChI=1S/C35H34ClF7N10O3/c1-32(2,35(41,42)43)16-34(20-6-3-18(4-7-20)24-14-46-53(50-24)21-8-9-21)28(54)51(30(44)48-34)25(15-56-31(55)49-33(11-12-33)27(37)38)19-5-10-23(36)22(13-19)26-45-17-47-52(26)29(39)40/h3-7,10,13-14,17,21,25,27,29H,8-9,11-12,15-16H2,1-2H3,(H2,44,48)(H,49,55)/t25-,34-/m1/s1. The van der Waals surface area contributed by atoms with Crippen LogP contribution in [0.25, 0.3) is 22.6 Å². The van der Waals surface area contributed by atoms with Gasteiger partial charge in [0.2, 0.25) is 0 Å². The number of nitrogens with zero attached hydrogens (tertiary/aromatic N) is 8. The van der Waals surface area contributed by atoms with E-state index >= 15 is 0 Å². The van der Waals surface area contributed by atoms with Crippen LogP contribution in [0.3, 0.4) is 0 Å². The number of benzene rings is 2.